The summed E-state index contributed by atoms with van der Waals surface area (Å²) in [5.74, 6) is 1.39. The average Bonchev–Trinajstić information content (AvgIpc) is 3.25. The van der Waals surface area contributed by atoms with E-state index in [9.17, 15) is 4.79 Å². The van der Waals surface area contributed by atoms with Gasteiger partial charge in [-0.25, -0.2) is 0 Å². The van der Waals surface area contributed by atoms with Crippen molar-refractivity contribution in [2.24, 2.45) is 11.8 Å². The zero-order valence-electron chi connectivity index (χ0n) is 11.8. The van der Waals surface area contributed by atoms with Crippen molar-refractivity contribution in [2.75, 3.05) is 32.8 Å². The standard InChI is InChI=1S/C15H26N2O2/c18-15(16-14-1-2-14)13-3-7-17(8-4-13)11-12-5-9-19-10-6-12/h12-14H,1-11H2,(H,16,18). The van der Waals surface area contributed by atoms with Crippen LogP contribution in [0.5, 0.6) is 0 Å². The highest BCUT2D eigenvalue weighted by Gasteiger charge is 2.30. The van der Waals surface area contributed by atoms with E-state index in [4.69, 9.17) is 4.74 Å². The number of hydrogen-bond acceptors (Lipinski definition) is 3. The van der Waals surface area contributed by atoms with Crippen LogP contribution in [0.2, 0.25) is 0 Å². The fourth-order valence-corrected chi connectivity index (χ4v) is 3.22. The topological polar surface area (TPSA) is 41.6 Å². The van der Waals surface area contributed by atoms with Crippen molar-refractivity contribution in [3.8, 4) is 0 Å². The average molecular weight is 266 g/mol. The van der Waals surface area contributed by atoms with Gasteiger partial charge in [-0.1, -0.05) is 0 Å². The monoisotopic (exact) mass is 266 g/mol. The number of nitrogens with one attached hydrogen (secondary N) is 1. The minimum absolute atomic E-state index is 0.270. The summed E-state index contributed by atoms with van der Waals surface area (Å²) in [6.45, 7) is 5.27. The molecule has 2 heterocycles. The number of piperidine rings is 1. The summed E-state index contributed by atoms with van der Waals surface area (Å²) in [6.07, 6.45) is 6.89. The van der Waals surface area contributed by atoms with Crippen LogP contribution in [-0.2, 0) is 9.53 Å². The van der Waals surface area contributed by atoms with Gasteiger partial charge in [0, 0.05) is 31.7 Å². The number of likely N-dealkylation sites (tertiary alicyclic amines) is 1. The fraction of sp³-hybridized carbons (Fsp3) is 0.933. The van der Waals surface area contributed by atoms with Crippen LogP contribution in [0, 0.1) is 11.8 Å². The molecule has 2 saturated heterocycles. The number of ether oxygens (including phenoxy) is 1. The van der Waals surface area contributed by atoms with Crippen LogP contribution >= 0.6 is 0 Å². The summed E-state index contributed by atoms with van der Waals surface area (Å²) in [5.41, 5.74) is 0. The largest absolute Gasteiger partial charge is 0.381 e. The second kappa shape index (κ2) is 6.23. The van der Waals surface area contributed by atoms with Crippen molar-refractivity contribution >= 4 is 5.91 Å². The normalized spacial score (nSPS) is 27.4. The number of carbonyl (C=O) groups excluding carboxylic acids is 1. The molecule has 0 radical (unpaired) electrons. The van der Waals surface area contributed by atoms with E-state index in [0.29, 0.717) is 11.9 Å². The van der Waals surface area contributed by atoms with Gasteiger partial charge < -0.3 is 15.0 Å². The summed E-state index contributed by atoms with van der Waals surface area (Å²) >= 11 is 0. The first-order valence-corrected chi connectivity index (χ1v) is 7.92. The number of amides is 1. The molecular formula is C15H26N2O2. The SMILES string of the molecule is O=C(NC1CC1)C1CCN(CC2CCOCC2)CC1. The minimum atomic E-state index is 0.270. The third-order valence-corrected chi connectivity index (χ3v) is 4.74. The van der Waals surface area contributed by atoms with E-state index in [2.05, 4.69) is 10.2 Å². The molecule has 2 aliphatic heterocycles. The summed E-state index contributed by atoms with van der Waals surface area (Å²) in [4.78, 5) is 14.6. The van der Waals surface area contributed by atoms with Gasteiger partial charge >= 0.3 is 0 Å². The Kier molecular flexibility index (Phi) is 4.38. The van der Waals surface area contributed by atoms with Gasteiger partial charge in [0.25, 0.3) is 0 Å². The quantitative estimate of drug-likeness (QED) is 0.836. The molecule has 0 spiro atoms. The van der Waals surface area contributed by atoms with Gasteiger partial charge in [0.1, 0.15) is 0 Å². The molecule has 1 aliphatic carbocycles. The molecular weight excluding hydrogens is 240 g/mol. The smallest absolute Gasteiger partial charge is 0.223 e. The maximum atomic E-state index is 12.0. The summed E-state index contributed by atoms with van der Waals surface area (Å²) in [5, 5.41) is 3.15. The van der Waals surface area contributed by atoms with Gasteiger partial charge in [0.2, 0.25) is 5.91 Å². The summed E-state index contributed by atoms with van der Waals surface area (Å²) in [7, 11) is 0. The fourth-order valence-electron chi connectivity index (χ4n) is 3.22. The minimum Gasteiger partial charge on any atom is -0.381 e. The van der Waals surface area contributed by atoms with Crippen LogP contribution in [0.25, 0.3) is 0 Å². The van der Waals surface area contributed by atoms with Crippen LogP contribution in [0.15, 0.2) is 0 Å². The van der Waals surface area contributed by atoms with Gasteiger partial charge in [-0.3, -0.25) is 4.79 Å². The van der Waals surface area contributed by atoms with Gasteiger partial charge in [0.15, 0.2) is 0 Å². The zero-order chi connectivity index (χ0) is 13.1. The van der Waals surface area contributed by atoms with E-state index in [0.717, 1.165) is 45.1 Å². The Morgan fingerprint density at radius 1 is 1.05 bits per heavy atom. The third-order valence-electron chi connectivity index (χ3n) is 4.74. The molecule has 0 aromatic carbocycles. The van der Waals surface area contributed by atoms with Gasteiger partial charge in [-0.05, 0) is 57.5 Å². The molecule has 1 N–H and O–H groups in total. The van der Waals surface area contributed by atoms with Crippen LogP contribution in [0.3, 0.4) is 0 Å². The van der Waals surface area contributed by atoms with Crippen molar-refractivity contribution in [3.05, 3.63) is 0 Å². The molecule has 1 saturated carbocycles. The Bertz CT molecular complexity index is 303. The zero-order valence-corrected chi connectivity index (χ0v) is 11.8. The molecule has 0 atom stereocenters. The Hall–Kier alpha value is -0.610. The van der Waals surface area contributed by atoms with Crippen LogP contribution in [-0.4, -0.2) is 49.7 Å². The second-order valence-electron chi connectivity index (χ2n) is 6.41. The van der Waals surface area contributed by atoms with E-state index in [1.807, 2.05) is 0 Å². The maximum Gasteiger partial charge on any atom is 0.223 e. The molecule has 0 bridgehead atoms. The van der Waals surface area contributed by atoms with E-state index in [1.54, 1.807) is 0 Å². The number of hydrogen-bond donors (Lipinski definition) is 1. The Labute approximate surface area is 115 Å². The number of carbonyl (C=O) groups is 1. The number of nitrogens with zero attached hydrogens (tertiary/aromatic N) is 1. The molecule has 3 aliphatic rings. The van der Waals surface area contributed by atoms with Gasteiger partial charge in [-0.15, -0.1) is 0 Å². The predicted molar refractivity (Wildman–Crippen MR) is 73.9 cm³/mol. The Balaban J connectivity index is 1.37. The van der Waals surface area contributed by atoms with Gasteiger partial charge in [-0.2, -0.15) is 0 Å². The predicted octanol–water partition coefficient (Wildman–Crippen LogP) is 1.40. The second-order valence-corrected chi connectivity index (χ2v) is 6.41. The van der Waals surface area contributed by atoms with Crippen LogP contribution in [0.1, 0.15) is 38.5 Å². The third kappa shape index (κ3) is 3.93. The number of rotatable bonds is 4. The molecule has 4 nitrogen and oxygen atoms in total. The first-order chi connectivity index (χ1) is 9.31. The molecule has 3 rings (SSSR count). The molecule has 0 aromatic rings. The maximum absolute atomic E-state index is 12.0. The highest BCUT2D eigenvalue weighted by atomic mass is 16.5. The van der Waals surface area contributed by atoms with Crippen molar-refractivity contribution in [3.63, 3.8) is 0 Å². The van der Waals surface area contributed by atoms with Crippen LogP contribution < -0.4 is 5.32 Å². The Morgan fingerprint density at radius 3 is 2.37 bits per heavy atom. The van der Waals surface area contributed by atoms with Crippen molar-refractivity contribution < 1.29 is 9.53 Å². The van der Waals surface area contributed by atoms with E-state index in [1.165, 1.54) is 32.2 Å². The molecule has 19 heavy (non-hydrogen) atoms. The highest BCUT2D eigenvalue weighted by Crippen LogP contribution is 2.24. The van der Waals surface area contributed by atoms with E-state index < -0.39 is 0 Å². The highest BCUT2D eigenvalue weighted by molar-refractivity contribution is 5.79. The van der Waals surface area contributed by atoms with Crippen molar-refractivity contribution in [1.29, 1.82) is 0 Å². The van der Waals surface area contributed by atoms with Crippen LogP contribution in [0.4, 0.5) is 0 Å². The Morgan fingerprint density at radius 2 is 1.74 bits per heavy atom. The first-order valence-electron chi connectivity index (χ1n) is 7.92. The summed E-state index contributed by atoms with van der Waals surface area (Å²) in [6, 6.07) is 0.507. The lowest BCUT2D eigenvalue weighted by atomic mass is 9.93. The lowest BCUT2D eigenvalue weighted by Gasteiger charge is -2.34. The molecule has 3 fully saturated rings. The van der Waals surface area contributed by atoms with E-state index in [-0.39, 0.29) is 5.92 Å². The molecule has 4 heteroatoms. The molecule has 0 unspecified atom stereocenters. The lowest BCUT2D eigenvalue weighted by molar-refractivity contribution is -0.126. The van der Waals surface area contributed by atoms with Gasteiger partial charge in [0.05, 0.1) is 0 Å². The first kappa shape index (κ1) is 13.4. The lowest BCUT2D eigenvalue weighted by Crippen LogP contribution is -2.43. The molecule has 1 amide bonds. The molecule has 0 aromatic heterocycles. The van der Waals surface area contributed by atoms with E-state index >= 15 is 0 Å². The van der Waals surface area contributed by atoms with Crippen molar-refractivity contribution in [2.45, 2.75) is 44.6 Å². The van der Waals surface area contributed by atoms with Crippen molar-refractivity contribution in [1.82, 2.24) is 10.2 Å². The molecule has 108 valence electrons. The summed E-state index contributed by atoms with van der Waals surface area (Å²) < 4.78 is 5.41.